The second kappa shape index (κ2) is 5.74. The second-order valence-electron chi connectivity index (χ2n) is 3.85. The van der Waals surface area contributed by atoms with Crippen LogP contribution in [-0.4, -0.2) is 37.0 Å². The van der Waals surface area contributed by atoms with Crippen molar-refractivity contribution >= 4 is 15.7 Å². The standard InChI is InChI=1S/C10H14F3N3O2S/c1-2-6-16(7-10(11,12)13)19(17,18)9-8(14)4-3-5-15-9/h3-5H,2,6-7,14H2,1H3. The van der Waals surface area contributed by atoms with Gasteiger partial charge in [0.2, 0.25) is 0 Å². The molecule has 1 aromatic rings. The number of hydrogen-bond donors (Lipinski definition) is 1. The molecule has 19 heavy (non-hydrogen) atoms. The van der Waals surface area contributed by atoms with Crippen LogP contribution in [0.15, 0.2) is 23.4 Å². The monoisotopic (exact) mass is 297 g/mol. The van der Waals surface area contributed by atoms with E-state index in [1.807, 2.05) is 0 Å². The van der Waals surface area contributed by atoms with Crippen molar-refractivity contribution in [3.05, 3.63) is 18.3 Å². The Bertz CT molecular complexity index is 531. The molecule has 9 heteroatoms. The first kappa shape index (κ1) is 15.7. The van der Waals surface area contributed by atoms with E-state index in [1.54, 1.807) is 6.92 Å². The zero-order valence-electron chi connectivity index (χ0n) is 10.2. The summed E-state index contributed by atoms with van der Waals surface area (Å²) in [6, 6.07) is 2.68. The van der Waals surface area contributed by atoms with Gasteiger partial charge in [0.25, 0.3) is 10.0 Å². The highest BCUT2D eigenvalue weighted by atomic mass is 32.2. The minimum atomic E-state index is -4.62. The van der Waals surface area contributed by atoms with E-state index >= 15 is 0 Å². The molecule has 108 valence electrons. The van der Waals surface area contributed by atoms with E-state index in [0.29, 0.717) is 4.31 Å². The molecule has 1 rings (SSSR count). The van der Waals surface area contributed by atoms with Crippen LogP contribution in [0.1, 0.15) is 13.3 Å². The van der Waals surface area contributed by atoms with Gasteiger partial charge in [-0.2, -0.15) is 17.5 Å². The van der Waals surface area contributed by atoms with Crippen LogP contribution in [0.3, 0.4) is 0 Å². The number of anilines is 1. The SMILES string of the molecule is CCCN(CC(F)(F)F)S(=O)(=O)c1ncccc1N. The van der Waals surface area contributed by atoms with Gasteiger partial charge in [0, 0.05) is 12.7 Å². The third kappa shape index (κ3) is 4.06. The molecule has 0 bridgehead atoms. The summed E-state index contributed by atoms with van der Waals surface area (Å²) in [5.41, 5.74) is 5.28. The smallest absolute Gasteiger partial charge is 0.396 e. The molecule has 5 nitrogen and oxygen atoms in total. The summed E-state index contributed by atoms with van der Waals surface area (Å²) < 4.78 is 61.8. The van der Waals surface area contributed by atoms with E-state index in [2.05, 4.69) is 4.98 Å². The van der Waals surface area contributed by atoms with Crippen molar-refractivity contribution in [3.63, 3.8) is 0 Å². The molecule has 0 saturated heterocycles. The number of hydrogen-bond acceptors (Lipinski definition) is 4. The Kier molecular flexibility index (Phi) is 4.75. The van der Waals surface area contributed by atoms with Gasteiger partial charge < -0.3 is 5.73 Å². The van der Waals surface area contributed by atoms with Gasteiger partial charge in [-0.15, -0.1) is 0 Å². The molecule has 0 amide bonds. The van der Waals surface area contributed by atoms with Gasteiger partial charge >= 0.3 is 6.18 Å². The molecule has 2 N–H and O–H groups in total. The van der Waals surface area contributed by atoms with Crippen LogP contribution in [0.2, 0.25) is 0 Å². The van der Waals surface area contributed by atoms with Gasteiger partial charge in [-0.05, 0) is 18.6 Å². The van der Waals surface area contributed by atoms with Crippen molar-refractivity contribution in [1.82, 2.24) is 9.29 Å². The van der Waals surface area contributed by atoms with Crippen molar-refractivity contribution in [2.75, 3.05) is 18.8 Å². The average Bonchev–Trinajstić information content (AvgIpc) is 2.27. The minimum absolute atomic E-state index is 0.175. The maximum Gasteiger partial charge on any atom is 0.402 e. The van der Waals surface area contributed by atoms with Crippen LogP contribution < -0.4 is 5.73 Å². The zero-order chi connectivity index (χ0) is 14.7. The van der Waals surface area contributed by atoms with Gasteiger partial charge in [0.1, 0.15) is 6.54 Å². The highest BCUT2D eigenvalue weighted by Gasteiger charge is 2.37. The van der Waals surface area contributed by atoms with E-state index in [4.69, 9.17) is 5.73 Å². The quantitative estimate of drug-likeness (QED) is 0.896. The highest BCUT2D eigenvalue weighted by Crippen LogP contribution is 2.24. The summed E-state index contributed by atoms with van der Waals surface area (Å²) in [4.78, 5) is 3.56. The van der Waals surface area contributed by atoms with Crippen LogP contribution in [0.4, 0.5) is 18.9 Å². The number of nitrogen functional groups attached to an aromatic ring is 1. The number of nitrogens with zero attached hydrogens (tertiary/aromatic N) is 2. The van der Waals surface area contributed by atoms with Crippen LogP contribution in [0.25, 0.3) is 0 Å². The first-order valence-electron chi connectivity index (χ1n) is 5.46. The van der Waals surface area contributed by atoms with Crippen LogP contribution >= 0.6 is 0 Å². The average molecular weight is 297 g/mol. The number of rotatable bonds is 5. The lowest BCUT2D eigenvalue weighted by molar-refractivity contribution is -0.136. The molecule has 0 atom stereocenters. The number of alkyl halides is 3. The molecule has 0 radical (unpaired) electrons. The summed E-state index contributed by atoms with van der Waals surface area (Å²) in [6.07, 6.45) is -3.20. The number of pyridine rings is 1. The maximum atomic E-state index is 12.4. The molecule has 0 saturated carbocycles. The Hall–Kier alpha value is -1.35. The van der Waals surface area contributed by atoms with Gasteiger partial charge in [-0.1, -0.05) is 6.92 Å². The summed E-state index contributed by atoms with van der Waals surface area (Å²) in [5, 5.41) is -0.548. The number of nitrogens with two attached hydrogens (primary N) is 1. The third-order valence-corrected chi connectivity index (χ3v) is 4.03. The van der Waals surface area contributed by atoms with Crippen molar-refractivity contribution < 1.29 is 21.6 Å². The van der Waals surface area contributed by atoms with Gasteiger partial charge in [-0.25, -0.2) is 13.4 Å². The molecule has 0 spiro atoms. The number of halogens is 3. The molecule has 0 aliphatic rings. The predicted molar refractivity (Wildman–Crippen MR) is 63.8 cm³/mol. The first-order valence-corrected chi connectivity index (χ1v) is 6.90. The molecule has 0 unspecified atom stereocenters. The van der Waals surface area contributed by atoms with E-state index < -0.39 is 27.8 Å². The normalized spacial score (nSPS) is 12.9. The van der Waals surface area contributed by atoms with Crippen LogP contribution in [0, 0.1) is 0 Å². The Morgan fingerprint density at radius 1 is 1.42 bits per heavy atom. The molecule has 1 aromatic heterocycles. The van der Waals surface area contributed by atoms with Crippen molar-refractivity contribution in [2.24, 2.45) is 0 Å². The zero-order valence-corrected chi connectivity index (χ0v) is 11.0. The third-order valence-electron chi connectivity index (χ3n) is 2.21. The summed E-state index contributed by atoms with van der Waals surface area (Å²) in [6.45, 7) is -0.224. The molecule has 1 heterocycles. The molecule has 0 aliphatic carbocycles. The fourth-order valence-corrected chi connectivity index (χ4v) is 3.02. The lowest BCUT2D eigenvalue weighted by Gasteiger charge is -2.22. The molecule has 0 fully saturated rings. The van der Waals surface area contributed by atoms with Crippen molar-refractivity contribution in [2.45, 2.75) is 24.5 Å². The fraction of sp³-hybridized carbons (Fsp3) is 0.500. The Morgan fingerprint density at radius 2 is 2.05 bits per heavy atom. The van der Waals surface area contributed by atoms with Gasteiger partial charge in [0.15, 0.2) is 5.03 Å². The second-order valence-corrected chi connectivity index (χ2v) is 5.70. The summed E-state index contributed by atoms with van der Waals surface area (Å²) in [5.74, 6) is 0. The van der Waals surface area contributed by atoms with Crippen LogP contribution in [-0.2, 0) is 10.0 Å². The fourth-order valence-electron chi connectivity index (χ4n) is 1.47. The largest absolute Gasteiger partial charge is 0.402 e. The van der Waals surface area contributed by atoms with Crippen LogP contribution in [0.5, 0.6) is 0 Å². The van der Waals surface area contributed by atoms with E-state index in [0.717, 1.165) is 0 Å². The lowest BCUT2D eigenvalue weighted by Crippen LogP contribution is -2.40. The Morgan fingerprint density at radius 3 is 2.53 bits per heavy atom. The number of aromatic nitrogens is 1. The Balaban J connectivity index is 3.17. The Labute approximate surface area is 109 Å². The molecular formula is C10H14F3N3O2S. The highest BCUT2D eigenvalue weighted by molar-refractivity contribution is 7.89. The van der Waals surface area contributed by atoms with Crippen molar-refractivity contribution in [1.29, 1.82) is 0 Å². The molecule has 0 aliphatic heterocycles. The van der Waals surface area contributed by atoms with Gasteiger partial charge in [-0.3, -0.25) is 0 Å². The molecule has 0 aromatic carbocycles. The summed E-state index contributed by atoms with van der Waals surface area (Å²) in [7, 11) is -4.35. The summed E-state index contributed by atoms with van der Waals surface area (Å²) >= 11 is 0. The lowest BCUT2D eigenvalue weighted by atomic mass is 10.4. The molecular weight excluding hydrogens is 283 g/mol. The number of sulfonamides is 1. The van der Waals surface area contributed by atoms with Gasteiger partial charge in [0.05, 0.1) is 5.69 Å². The predicted octanol–water partition coefficient (Wildman–Crippen LogP) is 1.63. The van der Waals surface area contributed by atoms with Crippen molar-refractivity contribution in [3.8, 4) is 0 Å². The van der Waals surface area contributed by atoms with E-state index in [1.165, 1.54) is 18.3 Å². The van der Waals surface area contributed by atoms with E-state index in [-0.39, 0.29) is 18.7 Å². The van der Waals surface area contributed by atoms with E-state index in [9.17, 15) is 21.6 Å². The first-order chi connectivity index (χ1) is 8.68. The topological polar surface area (TPSA) is 76.3 Å². The minimum Gasteiger partial charge on any atom is -0.396 e. The maximum absolute atomic E-state index is 12.4.